The van der Waals surface area contributed by atoms with E-state index in [4.69, 9.17) is 5.11 Å². The Hall–Kier alpha value is -1.42. The van der Waals surface area contributed by atoms with Gasteiger partial charge in [0.2, 0.25) is 0 Å². The third kappa shape index (κ3) is 3.21. The molecule has 0 amide bonds. The number of aliphatic hydroxyl groups is 1. The summed E-state index contributed by atoms with van der Waals surface area (Å²) < 4.78 is 0. The van der Waals surface area contributed by atoms with Crippen LogP contribution in [0.15, 0.2) is 24.5 Å². The molecule has 0 aromatic carbocycles. The van der Waals surface area contributed by atoms with E-state index in [0.29, 0.717) is 5.56 Å². The van der Waals surface area contributed by atoms with Gasteiger partial charge < -0.3 is 10.2 Å². The van der Waals surface area contributed by atoms with Crippen LogP contribution in [0.5, 0.6) is 0 Å². The molecule has 1 rings (SSSR count). The highest BCUT2D eigenvalue weighted by Gasteiger charge is 2.08. The zero-order valence-corrected chi connectivity index (χ0v) is 7.05. The van der Waals surface area contributed by atoms with Crippen LogP contribution in [0.25, 0.3) is 0 Å². The lowest BCUT2D eigenvalue weighted by atomic mass is 10.1. The Morgan fingerprint density at radius 1 is 1.62 bits per heavy atom. The molecular formula is C9H11NO3. The molecule has 0 saturated carbocycles. The Bertz CT molecular complexity index is 273. The molecule has 0 fully saturated rings. The normalized spacial score (nSPS) is 12.4. The first-order valence-electron chi connectivity index (χ1n) is 4.00. The molecule has 4 heteroatoms. The van der Waals surface area contributed by atoms with Crippen LogP contribution in [-0.4, -0.2) is 21.2 Å². The molecule has 70 valence electrons. The summed E-state index contributed by atoms with van der Waals surface area (Å²) in [6.07, 6.45) is 2.60. The van der Waals surface area contributed by atoms with Crippen molar-refractivity contribution in [1.29, 1.82) is 0 Å². The maximum absolute atomic E-state index is 10.2. The SMILES string of the molecule is O=C(O)CC[C@H](O)c1cccnc1. The predicted molar refractivity (Wildman–Crippen MR) is 46.1 cm³/mol. The summed E-state index contributed by atoms with van der Waals surface area (Å²) in [6, 6.07) is 3.43. The van der Waals surface area contributed by atoms with Gasteiger partial charge in [0.25, 0.3) is 0 Å². The van der Waals surface area contributed by atoms with Gasteiger partial charge in [-0.15, -0.1) is 0 Å². The standard InChI is InChI=1S/C9H11NO3/c11-8(3-4-9(12)13)7-2-1-5-10-6-7/h1-2,5-6,8,11H,3-4H2,(H,12,13)/t8-/m0/s1. The number of aliphatic carboxylic acids is 1. The first-order valence-corrected chi connectivity index (χ1v) is 4.00. The Balaban J connectivity index is 2.49. The number of rotatable bonds is 4. The minimum Gasteiger partial charge on any atom is -0.481 e. The van der Waals surface area contributed by atoms with Crippen LogP contribution in [0.2, 0.25) is 0 Å². The van der Waals surface area contributed by atoms with Crippen molar-refractivity contribution in [2.24, 2.45) is 0 Å². The van der Waals surface area contributed by atoms with Gasteiger partial charge in [0, 0.05) is 18.8 Å². The lowest BCUT2D eigenvalue weighted by Crippen LogP contribution is -2.02. The third-order valence-electron chi connectivity index (χ3n) is 1.70. The summed E-state index contributed by atoms with van der Waals surface area (Å²) >= 11 is 0. The Labute approximate surface area is 75.9 Å². The van der Waals surface area contributed by atoms with E-state index in [1.165, 1.54) is 6.20 Å². The van der Waals surface area contributed by atoms with Gasteiger partial charge >= 0.3 is 5.97 Å². The second-order valence-electron chi connectivity index (χ2n) is 2.73. The first-order chi connectivity index (χ1) is 6.20. The Morgan fingerprint density at radius 3 is 2.92 bits per heavy atom. The Morgan fingerprint density at radius 2 is 2.38 bits per heavy atom. The average Bonchev–Trinajstić information content (AvgIpc) is 2.15. The molecule has 0 bridgehead atoms. The van der Waals surface area contributed by atoms with Gasteiger partial charge in [0.15, 0.2) is 0 Å². The van der Waals surface area contributed by atoms with E-state index in [9.17, 15) is 9.90 Å². The van der Waals surface area contributed by atoms with E-state index in [-0.39, 0.29) is 12.8 Å². The van der Waals surface area contributed by atoms with Gasteiger partial charge in [-0.25, -0.2) is 0 Å². The zero-order valence-electron chi connectivity index (χ0n) is 7.05. The van der Waals surface area contributed by atoms with Crippen LogP contribution in [0.1, 0.15) is 24.5 Å². The van der Waals surface area contributed by atoms with Crippen LogP contribution >= 0.6 is 0 Å². The predicted octanol–water partition coefficient (Wildman–Crippen LogP) is 0.980. The van der Waals surface area contributed by atoms with E-state index in [1.54, 1.807) is 18.3 Å². The van der Waals surface area contributed by atoms with Gasteiger partial charge in [-0.05, 0) is 18.1 Å². The van der Waals surface area contributed by atoms with Gasteiger partial charge in [-0.3, -0.25) is 9.78 Å². The minimum atomic E-state index is -0.900. The van der Waals surface area contributed by atoms with Gasteiger partial charge in [-0.1, -0.05) is 6.07 Å². The fraction of sp³-hybridized carbons (Fsp3) is 0.333. The van der Waals surface area contributed by atoms with Crippen molar-refractivity contribution < 1.29 is 15.0 Å². The molecule has 1 aromatic rings. The molecule has 0 aliphatic carbocycles. The third-order valence-corrected chi connectivity index (χ3v) is 1.70. The number of hydrogen-bond donors (Lipinski definition) is 2. The molecule has 13 heavy (non-hydrogen) atoms. The first kappa shape index (κ1) is 9.67. The van der Waals surface area contributed by atoms with E-state index in [0.717, 1.165) is 0 Å². The molecule has 1 atom stereocenters. The highest BCUT2D eigenvalue weighted by atomic mass is 16.4. The monoisotopic (exact) mass is 181 g/mol. The van der Waals surface area contributed by atoms with Crippen molar-refractivity contribution >= 4 is 5.97 Å². The molecule has 0 saturated heterocycles. The van der Waals surface area contributed by atoms with Crippen molar-refractivity contribution in [3.8, 4) is 0 Å². The summed E-state index contributed by atoms with van der Waals surface area (Å²) in [6.45, 7) is 0. The largest absolute Gasteiger partial charge is 0.481 e. The van der Waals surface area contributed by atoms with Crippen LogP contribution in [-0.2, 0) is 4.79 Å². The molecule has 0 spiro atoms. The summed E-state index contributed by atoms with van der Waals surface area (Å²) in [5, 5.41) is 17.8. The second kappa shape index (κ2) is 4.57. The maximum atomic E-state index is 10.2. The fourth-order valence-corrected chi connectivity index (χ4v) is 1.000. The number of aliphatic hydroxyl groups excluding tert-OH is 1. The van der Waals surface area contributed by atoms with Crippen LogP contribution in [0.4, 0.5) is 0 Å². The van der Waals surface area contributed by atoms with Crippen molar-refractivity contribution in [3.05, 3.63) is 30.1 Å². The number of carboxylic acids is 1. The van der Waals surface area contributed by atoms with Crippen molar-refractivity contribution in [3.63, 3.8) is 0 Å². The maximum Gasteiger partial charge on any atom is 0.303 e. The summed E-state index contributed by atoms with van der Waals surface area (Å²) in [7, 11) is 0. The van der Waals surface area contributed by atoms with Crippen molar-refractivity contribution in [2.75, 3.05) is 0 Å². The van der Waals surface area contributed by atoms with Crippen molar-refractivity contribution in [1.82, 2.24) is 4.98 Å². The summed E-state index contributed by atoms with van der Waals surface area (Å²) in [4.78, 5) is 14.0. The van der Waals surface area contributed by atoms with Crippen molar-refractivity contribution in [2.45, 2.75) is 18.9 Å². The van der Waals surface area contributed by atoms with E-state index >= 15 is 0 Å². The molecule has 0 radical (unpaired) electrons. The lowest BCUT2D eigenvalue weighted by molar-refractivity contribution is -0.137. The lowest BCUT2D eigenvalue weighted by Gasteiger charge is -2.07. The van der Waals surface area contributed by atoms with Gasteiger partial charge in [0.05, 0.1) is 6.10 Å². The molecule has 0 aliphatic rings. The molecule has 1 aromatic heterocycles. The summed E-state index contributed by atoms with van der Waals surface area (Å²) in [5.74, 6) is -0.900. The molecule has 2 N–H and O–H groups in total. The smallest absolute Gasteiger partial charge is 0.303 e. The van der Waals surface area contributed by atoms with Crippen LogP contribution in [0.3, 0.4) is 0 Å². The molecule has 4 nitrogen and oxygen atoms in total. The number of nitrogens with zero attached hydrogens (tertiary/aromatic N) is 1. The highest BCUT2D eigenvalue weighted by molar-refractivity contribution is 5.66. The number of carboxylic acid groups (broad SMARTS) is 1. The molecule has 0 unspecified atom stereocenters. The number of carbonyl (C=O) groups is 1. The molecular weight excluding hydrogens is 170 g/mol. The number of aromatic nitrogens is 1. The van der Waals surface area contributed by atoms with Crippen LogP contribution in [0, 0.1) is 0 Å². The summed E-state index contributed by atoms with van der Waals surface area (Å²) in [5.41, 5.74) is 0.656. The average molecular weight is 181 g/mol. The van der Waals surface area contributed by atoms with Crippen LogP contribution < -0.4 is 0 Å². The highest BCUT2D eigenvalue weighted by Crippen LogP contribution is 2.16. The zero-order chi connectivity index (χ0) is 9.68. The van der Waals surface area contributed by atoms with E-state index in [1.807, 2.05) is 0 Å². The second-order valence-corrected chi connectivity index (χ2v) is 2.73. The molecule has 0 aliphatic heterocycles. The Kier molecular flexibility index (Phi) is 3.40. The van der Waals surface area contributed by atoms with E-state index < -0.39 is 12.1 Å². The topological polar surface area (TPSA) is 70.4 Å². The quantitative estimate of drug-likeness (QED) is 0.726. The number of pyridine rings is 1. The minimum absolute atomic E-state index is 0.0317. The van der Waals surface area contributed by atoms with Gasteiger partial charge in [-0.2, -0.15) is 0 Å². The fourth-order valence-electron chi connectivity index (χ4n) is 1.000. The number of hydrogen-bond acceptors (Lipinski definition) is 3. The van der Waals surface area contributed by atoms with E-state index in [2.05, 4.69) is 4.98 Å². The van der Waals surface area contributed by atoms with Gasteiger partial charge in [0.1, 0.15) is 0 Å². The molecule has 1 heterocycles.